The number of nitrogens with zero attached hydrogens (tertiary/aromatic N) is 4. The number of allylic oxidation sites excluding steroid dienone is 1. The number of aldehydes is 1. The van der Waals surface area contributed by atoms with Crippen molar-refractivity contribution in [2.75, 3.05) is 33.1 Å². The molecule has 0 amide bonds. The number of terminal acetylenes is 1. The van der Waals surface area contributed by atoms with Gasteiger partial charge in [-0.3, -0.25) is 4.57 Å². The van der Waals surface area contributed by atoms with Crippen molar-refractivity contribution in [3.63, 3.8) is 0 Å². The molecule has 1 saturated heterocycles. The summed E-state index contributed by atoms with van der Waals surface area (Å²) in [6, 6.07) is 0.306. The molecule has 0 spiro atoms. The highest BCUT2D eigenvalue weighted by atomic mass is 31.1. The normalized spacial score (nSPS) is 19.4. The Labute approximate surface area is 220 Å². The van der Waals surface area contributed by atoms with E-state index in [0.717, 1.165) is 6.29 Å². The monoisotopic (exact) mass is 542 g/mol. The fraction of sp³-hybridized carbons (Fsp3) is 0.583. The molecule has 0 bridgehead atoms. The van der Waals surface area contributed by atoms with Crippen LogP contribution in [0, 0.1) is 18.4 Å². The van der Waals surface area contributed by atoms with E-state index in [4.69, 9.17) is 26.3 Å². The fourth-order valence-corrected chi connectivity index (χ4v) is 3.34. The summed E-state index contributed by atoms with van der Waals surface area (Å²) in [7, 11) is 2.58. The fourth-order valence-electron chi connectivity index (χ4n) is 3.05. The Hall–Kier alpha value is -2.52. The Morgan fingerprint density at radius 3 is 2.68 bits per heavy atom. The third-order valence-electron chi connectivity index (χ3n) is 4.53. The van der Waals surface area contributed by atoms with Crippen molar-refractivity contribution in [1.29, 1.82) is 0 Å². The maximum absolute atomic E-state index is 13.4. The molecule has 0 aliphatic carbocycles. The Kier molecular flexibility index (Phi) is 18.2. The molecule has 0 saturated carbocycles. The predicted molar refractivity (Wildman–Crippen MR) is 144 cm³/mol. The standard InChI is InChI=1S/C12H13FN5O3P.C7H13NO.C3H8.C2H6O/c1-2-12(5-20-22-19)4-3-7(21-12)18-6-15-8-9(14)16-11(13)17-10(8)18;1-3-4-7(2)8-5-6-9;2*1-3-2/h1,6-7,19,22H,3-5H2,(H2,14,16,17);3-4,6-8H,5H2,1-2H3;3H2,1-2H3;1-2H3. The molecular weight excluding hydrogens is 502 g/mol. The number of anilines is 1. The van der Waals surface area contributed by atoms with Crippen LogP contribution in [0.1, 0.15) is 53.2 Å². The van der Waals surface area contributed by atoms with Gasteiger partial charge >= 0.3 is 6.08 Å². The number of hydrogen-bond donors (Lipinski definition) is 3. The number of rotatable bonds is 8. The summed E-state index contributed by atoms with van der Waals surface area (Å²) < 4.78 is 30.0. The Balaban J connectivity index is 0.000000721. The van der Waals surface area contributed by atoms with Crippen molar-refractivity contribution >= 4 is 32.3 Å². The number of nitrogens with two attached hydrogens (primary N) is 1. The zero-order valence-corrected chi connectivity index (χ0v) is 23.4. The number of hydrogen-bond acceptors (Lipinski definition) is 10. The summed E-state index contributed by atoms with van der Waals surface area (Å²) >= 11 is 0. The summed E-state index contributed by atoms with van der Waals surface area (Å²) in [5, 5.41) is 2.98. The van der Waals surface area contributed by atoms with Gasteiger partial charge in [0.05, 0.1) is 19.5 Å². The highest BCUT2D eigenvalue weighted by molar-refractivity contribution is 7.24. The Morgan fingerprint density at radius 2 is 2.14 bits per heavy atom. The molecule has 4 atom stereocenters. The summed E-state index contributed by atoms with van der Waals surface area (Å²) in [6.45, 7) is 8.72. The van der Waals surface area contributed by atoms with Gasteiger partial charge < -0.3 is 34.7 Å². The molecule has 4 N–H and O–H groups in total. The first-order chi connectivity index (χ1) is 17.7. The van der Waals surface area contributed by atoms with Crippen LogP contribution in [-0.2, 0) is 18.8 Å². The van der Waals surface area contributed by atoms with Crippen LogP contribution in [0.25, 0.3) is 11.2 Å². The number of nitrogens with one attached hydrogen (secondary N) is 1. The number of ether oxygens (including phenoxy) is 2. The van der Waals surface area contributed by atoms with Crippen LogP contribution in [0.4, 0.5) is 10.2 Å². The van der Waals surface area contributed by atoms with Crippen molar-refractivity contribution in [3.8, 4) is 12.3 Å². The van der Waals surface area contributed by atoms with Crippen molar-refractivity contribution in [2.24, 2.45) is 0 Å². The minimum atomic E-state index is -0.936. The van der Waals surface area contributed by atoms with Crippen LogP contribution in [0.2, 0.25) is 0 Å². The maximum Gasteiger partial charge on any atom is 0.312 e. The predicted octanol–water partition coefficient (Wildman–Crippen LogP) is 3.16. The summed E-state index contributed by atoms with van der Waals surface area (Å²) in [6.07, 6.45) is 12.7. The topological polar surface area (TPSA) is 147 Å². The van der Waals surface area contributed by atoms with E-state index in [-0.39, 0.29) is 18.1 Å². The number of aromatic nitrogens is 4. The lowest BCUT2D eigenvalue weighted by molar-refractivity contribution is -0.107. The minimum Gasteiger partial charge on any atom is -0.388 e. The van der Waals surface area contributed by atoms with E-state index in [0.29, 0.717) is 30.9 Å². The minimum absolute atomic E-state index is 0.0349. The first kappa shape index (κ1) is 34.5. The van der Waals surface area contributed by atoms with E-state index >= 15 is 0 Å². The van der Waals surface area contributed by atoms with E-state index in [1.807, 2.05) is 26.0 Å². The molecule has 0 aromatic carbocycles. The van der Waals surface area contributed by atoms with Gasteiger partial charge in [0.2, 0.25) is 0 Å². The number of nitrogen functional groups attached to an aromatic ring is 1. The number of fused-ring (bicyclic) bond motifs is 1. The van der Waals surface area contributed by atoms with E-state index in [1.54, 1.807) is 18.8 Å². The van der Waals surface area contributed by atoms with Crippen LogP contribution in [0.3, 0.4) is 0 Å². The van der Waals surface area contributed by atoms with Gasteiger partial charge in [0.1, 0.15) is 12.5 Å². The summed E-state index contributed by atoms with van der Waals surface area (Å²) in [5.74, 6) is 2.52. The number of imidazole rings is 1. The van der Waals surface area contributed by atoms with Crippen molar-refractivity contribution in [1.82, 2.24) is 24.8 Å². The molecule has 208 valence electrons. The van der Waals surface area contributed by atoms with Gasteiger partial charge in [-0.15, -0.1) is 6.42 Å². The zero-order valence-electron chi connectivity index (χ0n) is 22.4. The van der Waals surface area contributed by atoms with E-state index in [1.165, 1.54) is 12.7 Å². The number of carbonyl (C=O) groups is 1. The first-order valence-corrected chi connectivity index (χ1v) is 12.6. The number of halogens is 1. The van der Waals surface area contributed by atoms with E-state index in [9.17, 15) is 9.18 Å². The molecular formula is C24H40FN6O5P. The Morgan fingerprint density at radius 1 is 1.49 bits per heavy atom. The number of methoxy groups -OCH3 is 1. The molecule has 37 heavy (non-hydrogen) atoms. The molecule has 1 fully saturated rings. The van der Waals surface area contributed by atoms with Gasteiger partial charge in [0, 0.05) is 20.3 Å². The second-order valence-corrected chi connectivity index (χ2v) is 8.31. The lowest BCUT2D eigenvalue weighted by Gasteiger charge is -2.23. The average molecular weight is 543 g/mol. The summed E-state index contributed by atoms with van der Waals surface area (Å²) in [5.41, 5.74) is 5.24. The molecule has 2 aromatic rings. The highest BCUT2D eigenvalue weighted by Crippen LogP contribution is 2.38. The SMILES string of the molecule is C#CC1(COPO)CCC(n2cnc3c(N)nc(F)nc32)O1.CC=CC(C)NCC=O.CCC.COC. The second kappa shape index (κ2) is 19.6. The van der Waals surface area contributed by atoms with Crippen LogP contribution in [0.15, 0.2) is 18.5 Å². The van der Waals surface area contributed by atoms with Crippen molar-refractivity contribution in [3.05, 3.63) is 24.6 Å². The maximum atomic E-state index is 13.4. The third kappa shape index (κ3) is 12.0. The largest absolute Gasteiger partial charge is 0.388 e. The molecule has 13 heteroatoms. The first-order valence-electron chi connectivity index (χ1n) is 11.7. The van der Waals surface area contributed by atoms with Gasteiger partial charge in [-0.1, -0.05) is 38.3 Å². The number of carbonyl (C=O) groups excluding carboxylic acids is 1. The molecule has 2 aromatic heterocycles. The highest BCUT2D eigenvalue weighted by Gasteiger charge is 2.40. The summed E-state index contributed by atoms with van der Waals surface area (Å²) in [4.78, 5) is 29.8. The van der Waals surface area contributed by atoms with Gasteiger partial charge in [-0.25, -0.2) is 4.98 Å². The molecule has 11 nitrogen and oxygen atoms in total. The van der Waals surface area contributed by atoms with E-state index < -0.39 is 26.9 Å². The molecule has 1 aliphatic heterocycles. The van der Waals surface area contributed by atoms with Crippen LogP contribution < -0.4 is 11.1 Å². The molecule has 3 rings (SSSR count). The van der Waals surface area contributed by atoms with E-state index in [2.05, 4.69) is 44.8 Å². The zero-order chi connectivity index (χ0) is 28.3. The lowest BCUT2D eigenvalue weighted by Crippen LogP contribution is -2.31. The van der Waals surface area contributed by atoms with Gasteiger partial charge in [-0.05, 0) is 26.7 Å². The third-order valence-corrected chi connectivity index (χ3v) is 4.80. The molecule has 3 heterocycles. The molecule has 4 unspecified atom stereocenters. The van der Waals surface area contributed by atoms with Crippen LogP contribution in [-0.4, -0.2) is 69.7 Å². The van der Waals surface area contributed by atoms with Gasteiger partial charge in [0.15, 0.2) is 31.6 Å². The van der Waals surface area contributed by atoms with Gasteiger partial charge in [-0.2, -0.15) is 14.4 Å². The average Bonchev–Trinajstić information content (AvgIpc) is 3.48. The Bertz CT molecular complexity index is 984. The lowest BCUT2D eigenvalue weighted by atomic mass is 10.0. The molecule has 0 radical (unpaired) electrons. The molecule has 1 aliphatic rings. The quantitative estimate of drug-likeness (QED) is 0.149. The van der Waals surface area contributed by atoms with Crippen molar-refractivity contribution in [2.45, 2.75) is 64.8 Å². The van der Waals surface area contributed by atoms with Crippen LogP contribution in [0.5, 0.6) is 0 Å². The smallest absolute Gasteiger partial charge is 0.312 e. The van der Waals surface area contributed by atoms with Crippen molar-refractivity contribution < 1.29 is 28.1 Å². The van der Waals surface area contributed by atoms with Gasteiger partial charge in [0.25, 0.3) is 0 Å². The van der Waals surface area contributed by atoms with Crippen LogP contribution >= 0.6 is 9.03 Å². The second-order valence-electron chi connectivity index (χ2n) is 7.84.